The minimum atomic E-state index is -3.17. The van der Waals surface area contributed by atoms with Crippen LogP contribution in [0.25, 0.3) is 0 Å². The highest BCUT2D eigenvalue weighted by molar-refractivity contribution is 7.89. The van der Waals surface area contributed by atoms with Gasteiger partial charge in [-0.2, -0.15) is 4.31 Å². The fourth-order valence-corrected chi connectivity index (χ4v) is 3.08. The third kappa shape index (κ3) is 4.15. The standard InChI is InChI=1S/C11H22N4O4S/c1-4-20(18,19)15-7-5-14(6-8-15)9(2)10(16)13-11(17)12-3/h9H,4-8H2,1-3H3,(H2,12,13,16,17)/t9-/m0/s1. The molecule has 20 heavy (non-hydrogen) atoms. The number of hydrogen-bond acceptors (Lipinski definition) is 5. The molecule has 0 radical (unpaired) electrons. The second-order valence-electron chi connectivity index (χ2n) is 4.58. The number of urea groups is 1. The summed E-state index contributed by atoms with van der Waals surface area (Å²) in [7, 11) is -1.74. The second-order valence-corrected chi connectivity index (χ2v) is 6.84. The van der Waals surface area contributed by atoms with Crippen molar-refractivity contribution in [2.24, 2.45) is 0 Å². The van der Waals surface area contributed by atoms with E-state index in [1.165, 1.54) is 11.4 Å². The summed E-state index contributed by atoms with van der Waals surface area (Å²) in [6, 6.07) is -1.02. The van der Waals surface area contributed by atoms with E-state index in [4.69, 9.17) is 0 Å². The van der Waals surface area contributed by atoms with Crippen LogP contribution in [0.4, 0.5) is 4.79 Å². The van der Waals surface area contributed by atoms with Gasteiger partial charge in [0, 0.05) is 33.2 Å². The number of carbonyl (C=O) groups is 2. The predicted octanol–water partition coefficient (Wildman–Crippen LogP) is -1.20. The van der Waals surface area contributed by atoms with E-state index in [9.17, 15) is 18.0 Å². The first-order valence-corrected chi connectivity index (χ1v) is 8.17. The molecule has 1 aliphatic heterocycles. The van der Waals surface area contributed by atoms with Gasteiger partial charge in [-0.3, -0.25) is 15.0 Å². The Bertz CT molecular complexity index is 457. The van der Waals surface area contributed by atoms with Crippen LogP contribution in [0.2, 0.25) is 0 Å². The first-order valence-electron chi connectivity index (χ1n) is 6.56. The van der Waals surface area contributed by atoms with Crippen molar-refractivity contribution in [3.8, 4) is 0 Å². The lowest BCUT2D eigenvalue weighted by Gasteiger charge is -2.36. The number of amides is 3. The quantitative estimate of drug-likeness (QED) is 0.679. The van der Waals surface area contributed by atoms with Gasteiger partial charge in [0.05, 0.1) is 11.8 Å². The molecule has 2 N–H and O–H groups in total. The fraction of sp³-hybridized carbons (Fsp3) is 0.818. The molecule has 1 atom stereocenters. The molecule has 0 aromatic carbocycles. The summed E-state index contributed by atoms with van der Waals surface area (Å²) in [5.41, 5.74) is 0. The van der Waals surface area contributed by atoms with Crippen LogP contribution in [-0.4, -0.2) is 74.6 Å². The molecular weight excluding hydrogens is 284 g/mol. The molecule has 1 saturated heterocycles. The van der Waals surface area contributed by atoms with Crippen molar-refractivity contribution < 1.29 is 18.0 Å². The molecule has 9 heteroatoms. The lowest BCUT2D eigenvalue weighted by molar-refractivity contribution is -0.125. The smallest absolute Gasteiger partial charge is 0.321 e. The number of hydrogen-bond donors (Lipinski definition) is 2. The molecule has 0 unspecified atom stereocenters. The number of imide groups is 1. The molecule has 1 rings (SSSR count). The summed E-state index contributed by atoms with van der Waals surface area (Å²) in [4.78, 5) is 24.7. The Morgan fingerprint density at radius 1 is 1.20 bits per heavy atom. The zero-order valence-corrected chi connectivity index (χ0v) is 12.9. The van der Waals surface area contributed by atoms with E-state index in [-0.39, 0.29) is 5.75 Å². The van der Waals surface area contributed by atoms with Gasteiger partial charge >= 0.3 is 6.03 Å². The van der Waals surface area contributed by atoms with E-state index in [2.05, 4.69) is 10.6 Å². The van der Waals surface area contributed by atoms with Gasteiger partial charge in [0.1, 0.15) is 0 Å². The zero-order chi connectivity index (χ0) is 15.3. The second kappa shape index (κ2) is 7.00. The summed E-state index contributed by atoms with van der Waals surface area (Å²) in [5, 5.41) is 4.53. The van der Waals surface area contributed by atoms with Crippen LogP contribution >= 0.6 is 0 Å². The minimum absolute atomic E-state index is 0.0830. The highest BCUT2D eigenvalue weighted by atomic mass is 32.2. The molecule has 0 aromatic heterocycles. The molecular formula is C11H22N4O4S. The van der Waals surface area contributed by atoms with E-state index in [0.29, 0.717) is 26.2 Å². The lowest BCUT2D eigenvalue weighted by Crippen LogP contribution is -2.56. The molecule has 8 nitrogen and oxygen atoms in total. The minimum Gasteiger partial charge on any atom is -0.341 e. The number of rotatable bonds is 4. The molecule has 1 heterocycles. The Hall–Kier alpha value is -1.19. The normalized spacial score (nSPS) is 19.4. The Labute approximate surface area is 119 Å². The average Bonchev–Trinajstić information content (AvgIpc) is 2.46. The van der Waals surface area contributed by atoms with Crippen LogP contribution in [0, 0.1) is 0 Å². The van der Waals surface area contributed by atoms with Crippen LogP contribution in [0.15, 0.2) is 0 Å². The third-order valence-electron chi connectivity index (χ3n) is 3.42. The number of sulfonamides is 1. The molecule has 116 valence electrons. The van der Waals surface area contributed by atoms with E-state index in [0.717, 1.165) is 0 Å². The summed E-state index contributed by atoms with van der Waals surface area (Å²) < 4.78 is 24.9. The molecule has 0 bridgehead atoms. The molecule has 0 saturated carbocycles. The summed E-state index contributed by atoms with van der Waals surface area (Å²) >= 11 is 0. The summed E-state index contributed by atoms with van der Waals surface area (Å²) in [6.45, 7) is 4.99. The maximum Gasteiger partial charge on any atom is 0.321 e. The van der Waals surface area contributed by atoms with Crippen molar-refractivity contribution in [1.82, 2.24) is 19.8 Å². The Morgan fingerprint density at radius 2 is 1.75 bits per heavy atom. The topological polar surface area (TPSA) is 98.8 Å². The summed E-state index contributed by atoms with van der Waals surface area (Å²) in [5.74, 6) is -0.309. The highest BCUT2D eigenvalue weighted by Gasteiger charge is 2.30. The molecule has 1 aliphatic rings. The van der Waals surface area contributed by atoms with Crippen molar-refractivity contribution in [2.75, 3.05) is 39.0 Å². The Kier molecular flexibility index (Phi) is 5.90. The van der Waals surface area contributed by atoms with Crippen LogP contribution in [0.5, 0.6) is 0 Å². The largest absolute Gasteiger partial charge is 0.341 e. The van der Waals surface area contributed by atoms with E-state index >= 15 is 0 Å². The van der Waals surface area contributed by atoms with Gasteiger partial charge in [0.2, 0.25) is 15.9 Å². The molecule has 0 aromatic rings. The number of nitrogens with zero attached hydrogens (tertiary/aromatic N) is 2. The SMILES string of the molecule is CCS(=O)(=O)N1CCN([C@@H](C)C(=O)NC(=O)NC)CC1. The van der Waals surface area contributed by atoms with Crippen molar-refractivity contribution in [1.29, 1.82) is 0 Å². The van der Waals surface area contributed by atoms with E-state index < -0.39 is 28.0 Å². The molecule has 0 aliphatic carbocycles. The van der Waals surface area contributed by atoms with Crippen LogP contribution in [-0.2, 0) is 14.8 Å². The highest BCUT2D eigenvalue weighted by Crippen LogP contribution is 2.10. The Morgan fingerprint density at radius 3 is 2.20 bits per heavy atom. The maximum absolute atomic E-state index is 11.8. The first-order chi connectivity index (χ1) is 9.31. The third-order valence-corrected chi connectivity index (χ3v) is 5.30. The van der Waals surface area contributed by atoms with Gasteiger partial charge in [-0.25, -0.2) is 13.2 Å². The van der Waals surface area contributed by atoms with Crippen LogP contribution < -0.4 is 10.6 Å². The van der Waals surface area contributed by atoms with Crippen molar-refractivity contribution in [3.05, 3.63) is 0 Å². The van der Waals surface area contributed by atoms with E-state index in [1.807, 2.05) is 4.90 Å². The molecule has 3 amide bonds. The number of carbonyl (C=O) groups excluding carboxylic acids is 2. The zero-order valence-electron chi connectivity index (χ0n) is 12.0. The van der Waals surface area contributed by atoms with Gasteiger partial charge in [0.15, 0.2) is 0 Å². The van der Waals surface area contributed by atoms with Crippen LogP contribution in [0.3, 0.4) is 0 Å². The first kappa shape index (κ1) is 16.9. The molecule has 1 fully saturated rings. The van der Waals surface area contributed by atoms with E-state index in [1.54, 1.807) is 13.8 Å². The van der Waals surface area contributed by atoms with Gasteiger partial charge in [0.25, 0.3) is 0 Å². The lowest BCUT2D eigenvalue weighted by atomic mass is 10.2. The van der Waals surface area contributed by atoms with Crippen molar-refractivity contribution in [3.63, 3.8) is 0 Å². The molecule has 0 spiro atoms. The predicted molar refractivity (Wildman–Crippen MR) is 74.7 cm³/mol. The van der Waals surface area contributed by atoms with Gasteiger partial charge < -0.3 is 5.32 Å². The van der Waals surface area contributed by atoms with Gasteiger partial charge in [-0.15, -0.1) is 0 Å². The van der Waals surface area contributed by atoms with Crippen LogP contribution in [0.1, 0.15) is 13.8 Å². The van der Waals surface area contributed by atoms with Crippen molar-refractivity contribution >= 4 is 22.0 Å². The summed E-state index contributed by atoms with van der Waals surface area (Å²) in [6.07, 6.45) is 0. The van der Waals surface area contributed by atoms with Crippen molar-refractivity contribution in [2.45, 2.75) is 19.9 Å². The number of piperazine rings is 1. The fourth-order valence-electron chi connectivity index (χ4n) is 2.00. The monoisotopic (exact) mass is 306 g/mol. The Balaban J connectivity index is 2.53. The maximum atomic E-state index is 11.8. The van der Waals surface area contributed by atoms with Gasteiger partial charge in [-0.05, 0) is 13.8 Å². The number of nitrogens with one attached hydrogen (secondary N) is 2. The average molecular weight is 306 g/mol. The van der Waals surface area contributed by atoms with Gasteiger partial charge in [-0.1, -0.05) is 0 Å².